The van der Waals surface area contributed by atoms with E-state index >= 15 is 0 Å². The molecule has 3 rings (SSSR count). The van der Waals surface area contributed by atoms with Gasteiger partial charge in [-0.3, -0.25) is 0 Å². The maximum atomic E-state index is 5.63. The molecule has 1 nitrogen and oxygen atoms in total. The van der Waals surface area contributed by atoms with Crippen molar-refractivity contribution in [2.45, 2.75) is 25.4 Å². The first-order chi connectivity index (χ1) is 7.88. The predicted octanol–water partition coefficient (Wildman–Crippen LogP) is 3.73. The highest BCUT2D eigenvalue weighted by Crippen LogP contribution is 2.43. The Morgan fingerprint density at radius 2 is 1.94 bits per heavy atom. The Morgan fingerprint density at radius 1 is 1.12 bits per heavy atom. The third-order valence-corrected chi connectivity index (χ3v) is 3.31. The Labute approximate surface area is 96.0 Å². The topological polar surface area (TPSA) is 9.23 Å². The summed E-state index contributed by atoms with van der Waals surface area (Å²) in [6.07, 6.45) is 1.65. The maximum Gasteiger partial charge on any atom is 0.0651 e. The molecular weight excluding hydrogens is 196 g/mol. The molecule has 1 saturated carbocycles. The summed E-state index contributed by atoms with van der Waals surface area (Å²) in [6.45, 7) is 2.89. The van der Waals surface area contributed by atoms with Crippen LogP contribution in [0.5, 0.6) is 0 Å². The van der Waals surface area contributed by atoms with Crippen LogP contribution < -0.4 is 0 Å². The zero-order chi connectivity index (χ0) is 11.0. The Balaban J connectivity index is 1.89. The molecule has 0 heterocycles. The Kier molecular flexibility index (Phi) is 2.41. The highest BCUT2D eigenvalue weighted by molar-refractivity contribution is 5.83. The maximum absolute atomic E-state index is 5.63. The van der Waals surface area contributed by atoms with Crippen molar-refractivity contribution in [1.29, 1.82) is 0 Å². The van der Waals surface area contributed by atoms with Crippen LogP contribution in [0, 0.1) is 0 Å². The van der Waals surface area contributed by atoms with E-state index in [1.807, 2.05) is 0 Å². The number of ether oxygens (including phenoxy) is 1. The van der Waals surface area contributed by atoms with Gasteiger partial charge < -0.3 is 4.74 Å². The average molecular weight is 212 g/mol. The van der Waals surface area contributed by atoms with Crippen molar-refractivity contribution in [2.75, 3.05) is 6.61 Å². The van der Waals surface area contributed by atoms with Crippen LogP contribution in [0.2, 0.25) is 0 Å². The van der Waals surface area contributed by atoms with E-state index < -0.39 is 0 Å². The van der Waals surface area contributed by atoms with Crippen molar-refractivity contribution < 1.29 is 4.74 Å². The first-order valence-electron chi connectivity index (χ1n) is 5.99. The van der Waals surface area contributed by atoms with Crippen LogP contribution in [0.25, 0.3) is 10.8 Å². The van der Waals surface area contributed by atoms with Gasteiger partial charge in [-0.25, -0.2) is 0 Å². The zero-order valence-corrected chi connectivity index (χ0v) is 9.52. The molecule has 0 saturated heterocycles. The Bertz CT molecular complexity index is 504. The van der Waals surface area contributed by atoms with Gasteiger partial charge >= 0.3 is 0 Å². The monoisotopic (exact) mass is 212 g/mol. The number of hydrogen-bond acceptors (Lipinski definition) is 1. The summed E-state index contributed by atoms with van der Waals surface area (Å²) in [5.41, 5.74) is 1.43. The predicted molar refractivity (Wildman–Crippen MR) is 66.7 cm³/mol. The van der Waals surface area contributed by atoms with Crippen molar-refractivity contribution >= 4 is 10.8 Å². The Hall–Kier alpha value is -1.34. The second kappa shape index (κ2) is 3.91. The summed E-state index contributed by atoms with van der Waals surface area (Å²) in [6, 6.07) is 15.3. The highest BCUT2D eigenvalue weighted by Gasteiger charge is 2.39. The van der Waals surface area contributed by atoms with E-state index in [1.54, 1.807) is 0 Å². The van der Waals surface area contributed by atoms with Crippen LogP contribution >= 0.6 is 0 Å². The average Bonchev–Trinajstić information content (AvgIpc) is 3.08. The van der Waals surface area contributed by atoms with Crippen molar-refractivity contribution in [3.63, 3.8) is 0 Å². The fourth-order valence-corrected chi connectivity index (χ4v) is 2.36. The third kappa shape index (κ3) is 1.72. The summed E-state index contributed by atoms with van der Waals surface area (Å²) in [5.74, 6) is 0.629. The molecule has 0 bridgehead atoms. The zero-order valence-electron chi connectivity index (χ0n) is 9.52. The quantitative estimate of drug-likeness (QED) is 0.753. The van der Waals surface area contributed by atoms with E-state index in [1.165, 1.54) is 22.8 Å². The molecule has 1 aliphatic rings. The van der Waals surface area contributed by atoms with E-state index in [0.29, 0.717) is 12.0 Å². The molecule has 1 fully saturated rings. The van der Waals surface area contributed by atoms with Crippen molar-refractivity contribution in [2.24, 2.45) is 0 Å². The summed E-state index contributed by atoms with van der Waals surface area (Å²) < 4.78 is 5.63. The molecule has 16 heavy (non-hydrogen) atoms. The number of hydrogen-bond donors (Lipinski definition) is 0. The van der Waals surface area contributed by atoms with Gasteiger partial charge in [0, 0.05) is 12.5 Å². The highest BCUT2D eigenvalue weighted by atomic mass is 16.5. The fraction of sp³-hybridized carbons (Fsp3) is 0.333. The number of rotatable bonds is 3. The molecule has 1 heteroatoms. The molecule has 0 aromatic heterocycles. The summed E-state index contributed by atoms with van der Waals surface area (Å²) >= 11 is 0. The minimum absolute atomic E-state index is 0.464. The Morgan fingerprint density at radius 3 is 2.75 bits per heavy atom. The van der Waals surface area contributed by atoms with Crippen LogP contribution in [0.15, 0.2) is 42.5 Å². The summed E-state index contributed by atoms with van der Waals surface area (Å²) in [4.78, 5) is 0. The van der Waals surface area contributed by atoms with Crippen LogP contribution in [-0.2, 0) is 4.74 Å². The van der Waals surface area contributed by atoms with E-state index in [9.17, 15) is 0 Å². The molecular formula is C15H16O. The molecule has 2 aromatic rings. The van der Waals surface area contributed by atoms with Gasteiger partial charge in [0.1, 0.15) is 0 Å². The number of benzene rings is 2. The van der Waals surface area contributed by atoms with Crippen LogP contribution in [0.4, 0.5) is 0 Å². The molecule has 0 N–H and O–H groups in total. The lowest BCUT2D eigenvalue weighted by Crippen LogP contribution is -1.95. The lowest BCUT2D eigenvalue weighted by molar-refractivity contribution is 0.128. The normalized spacial score (nSPS) is 23.6. The van der Waals surface area contributed by atoms with Gasteiger partial charge in [0.25, 0.3) is 0 Å². The van der Waals surface area contributed by atoms with E-state index in [0.717, 1.165) is 6.61 Å². The second-order valence-corrected chi connectivity index (χ2v) is 4.44. The third-order valence-electron chi connectivity index (χ3n) is 3.31. The van der Waals surface area contributed by atoms with Crippen molar-refractivity contribution in [3.8, 4) is 0 Å². The molecule has 2 atom stereocenters. The standard InChI is InChI=1S/C15H16O/c1-2-16-15-10-14(15)13-8-7-11-5-3-4-6-12(11)9-13/h3-9,14-15H,2,10H2,1H3/t14-,15-/m0/s1. The lowest BCUT2D eigenvalue weighted by Gasteiger charge is -2.03. The SMILES string of the molecule is CCO[C@H]1C[C@H]1c1ccc2ccccc2c1. The van der Waals surface area contributed by atoms with Crippen molar-refractivity contribution in [3.05, 3.63) is 48.0 Å². The van der Waals surface area contributed by atoms with Gasteiger partial charge in [0.05, 0.1) is 6.10 Å². The first kappa shape index (κ1) is 9.86. The minimum Gasteiger partial charge on any atom is -0.378 e. The summed E-state index contributed by atoms with van der Waals surface area (Å²) in [5, 5.41) is 2.65. The molecule has 0 aliphatic heterocycles. The minimum atomic E-state index is 0.464. The van der Waals surface area contributed by atoms with E-state index in [-0.39, 0.29) is 0 Å². The van der Waals surface area contributed by atoms with Gasteiger partial charge in [-0.1, -0.05) is 42.5 Å². The first-order valence-corrected chi connectivity index (χ1v) is 5.99. The van der Waals surface area contributed by atoms with E-state index in [2.05, 4.69) is 49.4 Å². The van der Waals surface area contributed by atoms with Crippen LogP contribution in [0.1, 0.15) is 24.8 Å². The summed E-state index contributed by atoms with van der Waals surface area (Å²) in [7, 11) is 0. The molecule has 0 amide bonds. The molecule has 0 spiro atoms. The molecule has 0 radical (unpaired) electrons. The van der Waals surface area contributed by atoms with Gasteiger partial charge in [-0.2, -0.15) is 0 Å². The lowest BCUT2D eigenvalue weighted by atomic mass is 10.0. The molecule has 2 aromatic carbocycles. The van der Waals surface area contributed by atoms with Gasteiger partial charge in [0.2, 0.25) is 0 Å². The van der Waals surface area contributed by atoms with Gasteiger partial charge in [-0.15, -0.1) is 0 Å². The molecule has 1 aliphatic carbocycles. The van der Waals surface area contributed by atoms with Crippen molar-refractivity contribution in [1.82, 2.24) is 0 Å². The molecule has 82 valence electrons. The van der Waals surface area contributed by atoms with E-state index in [4.69, 9.17) is 4.74 Å². The van der Waals surface area contributed by atoms with Gasteiger partial charge in [-0.05, 0) is 29.7 Å². The van der Waals surface area contributed by atoms with Crippen LogP contribution in [0.3, 0.4) is 0 Å². The largest absolute Gasteiger partial charge is 0.378 e. The second-order valence-electron chi connectivity index (χ2n) is 4.44. The fourth-order valence-electron chi connectivity index (χ4n) is 2.36. The van der Waals surface area contributed by atoms with Gasteiger partial charge in [0.15, 0.2) is 0 Å². The molecule has 0 unspecified atom stereocenters. The van der Waals surface area contributed by atoms with Crippen LogP contribution in [-0.4, -0.2) is 12.7 Å². The smallest absolute Gasteiger partial charge is 0.0651 e. The number of fused-ring (bicyclic) bond motifs is 1.